The van der Waals surface area contributed by atoms with Crippen molar-refractivity contribution in [1.29, 1.82) is 0 Å². The van der Waals surface area contributed by atoms with E-state index in [1.807, 2.05) is 0 Å². The molecule has 1 unspecified atom stereocenters. The molecule has 0 amide bonds. The molecule has 0 heterocycles. The maximum absolute atomic E-state index is 5.77. The Morgan fingerprint density at radius 1 is 1.60 bits per heavy atom. The average Bonchev–Trinajstić information content (AvgIpc) is 1.87. The standard InChI is InChI=1S/C7H19NOSi/c1-4-6(8)5-7(2,3)9-10/h6H,4-5,8H2,1-3,10H3. The average molecular weight is 161 g/mol. The minimum Gasteiger partial charge on any atom is -0.423 e. The highest BCUT2D eigenvalue weighted by Crippen LogP contribution is 2.15. The maximum atomic E-state index is 5.77. The van der Waals surface area contributed by atoms with Gasteiger partial charge in [-0.1, -0.05) is 6.92 Å². The first kappa shape index (κ1) is 10.1. The van der Waals surface area contributed by atoms with Gasteiger partial charge >= 0.3 is 0 Å². The highest BCUT2D eigenvalue weighted by atomic mass is 28.2. The summed E-state index contributed by atoms with van der Waals surface area (Å²) >= 11 is 0. The first-order valence-electron chi connectivity index (χ1n) is 3.82. The van der Waals surface area contributed by atoms with Crippen LogP contribution >= 0.6 is 0 Å². The molecule has 0 aromatic heterocycles. The van der Waals surface area contributed by atoms with Crippen molar-refractivity contribution in [3.05, 3.63) is 0 Å². The number of rotatable bonds is 4. The molecule has 0 aromatic rings. The van der Waals surface area contributed by atoms with E-state index in [-0.39, 0.29) is 5.60 Å². The highest BCUT2D eigenvalue weighted by Gasteiger charge is 2.18. The molecule has 0 bridgehead atoms. The first-order chi connectivity index (χ1) is 4.52. The molecule has 0 saturated carbocycles. The zero-order valence-corrected chi connectivity index (χ0v) is 9.48. The van der Waals surface area contributed by atoms with Crippen molar-refractivity contribution in [2.75, 3.05) is 0 Å². The monoisotopic (exact) mass is 161 g/mol. The second kappa shape index (κ2) is 4.11. The quantitative estimate of drug-likeness (QED) is 0.597. The van der Waals surface area contributed by atoms with Gasteiger partial charge in [0.05, 0.1) is 5.60 Å². The first-order valence-corrected chi connectivity index (χ1v) is 4.64. The molecule has 0 aliphatic rings. The van der Waals surface area contributed by atoms with E-state index < -0.39 is 0 Å². The largest absolute Gasteiger partial charge is 0.423 e. The smallest absolute Gasteiger partial charge is 0.146 e. The van der Waals surface area contributed by atoms with Gasteiger partial charge in [-0.25, -0.2) is 0 Å². The van der Waals surface area contributed by atoms with E-state index in [9.17, 15) is 0 Å². The van der Waals surface area contributed by atoms with Crippen molar-refractivity contribution >= 4 is 10.5 Å². The van der Waals surface area contributed by atoms with E-state index in [0.717, 1.165) is 23.3 Å². The number of hydrogen-bond donors (Lipinski definition) is 1. The van der Waals surface area contributed by atoms with Gasteiger partial charge in [-0.2, -0.15) is 0 Å². The van der Waals surface area contributed by atoms with Crippen molar-refractivity contribution in [3.8, 4) is 0 Å². The fourth-order valence-corrected chi connectivity index (χ4v) is 1.03. The van der Waals surface area contributed by atoms with Crippen molar-refractivity contribution in [2.24, 2.45) is 5.73 Å². The topological polar surface area (TPSA) is 35.2 Å². The van der Waals surface area contributed by atoms with E-state index in [2.05, 4.69) is 20.8 Å². The molecule has 3 heteroatoms. The van der Waals surface area contributed by atoms with Crippen LogP contribution in [0.25, 0.3) is 0 Å². The lowest BCUT2D eigenvalue weighted by atomic mass is 9.98. The normalized spacial score (nSPS) is 15.6. The number of nitrogens with two attached hydrogens (primary N) is 1. The maximum Gasteiger partial charge on any atom is 0.146 e. The molecular formula is C7H19NOSi. The Bertz CT molecular complexity index is 95.6. The van der Waals surface area contributed by atoms with Crippen LogP contribution in [0.4, 0.5) is 0 Å². The Labute approximate surface area is 66.7 Å². The predicted molar refractivity (Wildman–Crippen MR) is 48.0 cm³/mol. The van der Waals surface area contributed by atoms with Crippen molar-refractivity contribution in [1.82, 2.24) is 0 Å². The van der Waals surface area contributed by atoms with E-state index in [1.165, 1.54) is 0 Å². The zero-order valence-electron chi connectivity index (χ0n) is 7.48. The highest BCUT2D eigenvalue weighted by molar-refractivity contribution is 5.98. The molecule has 0 fully saturated rings. The van der Waals surface area contributed by atoms with Crippen LogP contribution in [0.3, 0.4) is 0 Å². The van der Waals surface area contributed by atoms with Crippen LogP contribution in [0.5, 0.6) is 0 Å². The summed E-state index contributed by atoms with van der Waals surface area (Å²) in [6, 6.07) is 0.295. The van der Waals surface area contributed by atoms with Crippen molar-refractivity contribution in [2.45, 2.75) is 45.3 Å². The molecule has 0 saturated heterocycles. The van der Waals surface area contributed by atoms with Gasteiger partial charge in [-0.05, 0) is 26.7 Å². The van der Waals surface area contributed by atoms with Crippen LogP contribution < -0.4 is 5.73 Å². The lowest BCUT2D eigenvalue weighted by Crippen LogP contribution is -2.33. The molecule has 10 heavy (non-hydrogen) atoms. The molecule has 0 aliphatic carbocycles. The van der Waals surface area contributed by atoms with Gasteiger partial charge < -0.3 is 10.2 Å². The van der Waals surface area contributed by atoms with Gasteiger partial charge in [0, 0.05) is 6.04 Å². The van der Waals surface area contributed by atoms with E-state index in [0.29, 0.717) is 6.04 Å². The summed E-state index contributed by atoms with van der Waals surface area (Å²) < 4.78 is 5.37. The molecule has 62 valence electrons. The van der Waals surface area contributed by atoms with E-state index in [1.54, 1.807) is 0 Å². The van der Waals surface area contributed by atoms with Crippen LogP contribution in [0.1, 0.15) is 33.6 Å². The van der Waals surface area contributed by atoms with Gasteiger partial charge in [0.25, 0.3) is 0 Å². The summed E-state index contributed by atoms with van der Waals surface area (Å²) in [4.78, 5) is 0. The molecule has 0 spiro atoms. The third-order valence-corrected chi connectivity index (χ3v) is 2.94. The molecule has 2 N–H and O–H groups in total. The van der Waals surface area contributed by atoms with E-state index >= 15 is 0 Å². The van der Waals surface area contributed by atoms with Gasteiger partial charge in [0.1, 0.15) is 10.5 Å². The fraction of sp³-hybridized carbons (Fsp3) is 1.00. The van der Waals surface area contributed by atoms with Gasteiger partial charge in [0.2, 0.25) is 0 Å². The molecule has 1 atom stereocenters. The zero-order chi connectivity index (χ0) is 8.20. The van der Waals surface area contributed by atoms with E-state index in [4.69, 9.17) is 10.2 Å². The summed E-state index contributed by atoms with van der Waals surface area (Å²) in [6.07, 6.45) is 2.00. The van der Waals surface area contributed by atoms with Gasteiger partial charge in [0.15, 0.2) is 0 Å². The summed E-state index contributed by atoms with van der Waals surface area (Å²) in [7, 11) is 0.800. The lowest BCUT2D eigenvalue weighted by molar-refractivity contribution is 0.103. The van der Waals surface area contributed by atoms with Crippen molar-refractivity contribution in [3.63, 3.8) is 0 Å². The van der Waals surface area contributed by atoms with Crippen LogP contribution in [-0.4, -0.2) is 22.1 Å². The fourth-order valence-electron chi connectivity index (χ4n) is 0.859. The Hall–Kier alpha value is 0.137. The van der Waals surface area contributed by atoms with Crippen molar-refractivity contribution < 1.29 is 4.43 Å². The SMILES string of the molecule is CCC(N)CC(C)(C)O[SiH3]. The Kier molecular flexibility index (Phi) is 4.16. The predicted octanol–water partition coefficient (Wildman–Crippen LogP) is 0.189. The molecule has 0 aromatic carbocycles. The van der Waals surface area contributed by atoms with Gasteiger partial charge in [-0.3, -0.25) is 0 Å². The summed E-state index contributed by atoms with van der Waals surface area (Å²) in [5.41, 5.74) is 5.77. The Morgan fingerprint density at radius 3 is 2.40 bits per heavy atom. The van der Waals surface area contributed by atoms with Crippen LogP contribution in [0, 0.1) is 0 Å². The lowest BCUT2D eigenvalue weighted by Gasteiger charge is -2.26. The number of hydrogen-bond acceptors (Lipinski definition) is 2. The Morgan fingerprint density at radius 2 is 2.10 bits per heavy atom. The summed E-state index contributed by atoms with van der Waals surface area (Å²) in [5.74, 6) is 0. The van der Waals surface area contributed by atoms with Crippen LogP contribution in [0.2, 0.25) is 0 Å². The summed E-state index contributed by atoms with van der Waals surface area (Å²) in [6.45, 7) is 6.29. The second-order valence-electron chi connectivity index (χ2n) is 3.34. The third kappa shape index (κ3) is 4.03. The minimum absolute atomic E-state index is 0.00164. The molecule has 0 aliphatic heterocycles. The minimum atomic E-state index is 0.00164. The van der Waals surface area contributed by atoms with Crippen LogP contribution in [0.15, 0.2) is 0 Å². The van der Waals surface area contributed by atoms with Crippen LogP contribution in [-0.2, 0) is 4.43 Å². The second-order valence-corrected chi connectivity index (χ2v) is 3.74. The summed E-state index contributed by atoms with van der Waals surface area (Å²) in [5, 5.41) is 0. The Balaban J connectivity index is 3.64. The molecule has 2 nitrogen and oxygen atoms in total. The molecule has 0 radical (unpaired) electrons. The molecular weight excluding hydrogens is 142 g/mol. The third-order valence-electron chi connectivity index (χ3n) is 1.83. The molecule has 0 rings (SSSR count). The van der Waals surface area contributed by atoms with Gasteiger partial charge in [-0.15, -0.1) is 0 Å².